The molecule has 0 unspecified atom stereocenters. The Morgan fingerprint density at radius 1 is 1.17 bits per heavy atom. The Kier molecular flexibility index (Phi) is 4.19. The lowest BCUT2D eigenvalue weighted by atomic mass is 10.1. The van der Waals surface area contributed by atoms with E-state index in [2.05, 4.69) is 22.6 Å². The van der Waals surface area contributed by atoms with Crippen molar-refractivity contribution in [3.05, 3.63) is 57.4 Å². The van der Waals surface area contributed by atoms with Crippen LogP contribution < -0.4 is 4.74 Å². The molecule has 94 valence electrons. The number of ether oxygens (including phenoxy) is 1. The molecule has 0 saturated carbocycles. The fourth-order valence-electron chi connectivity index (χ4n) is 1.58. The highest BCUT2D eigenvalue weighted by Gasteiger charge is 2.14. The third-order valence-corrected chi connectivity index (χ3v) is 3.20. The molecule has 2 aromatic rings. The molecule has 0 aromatic heterocycles. The Morgan fingerprint density at radius 2 is 1.83 bits per heavy atom. The minimum Gasteiger partial charge on any atom is -0.454 e. The molecule has 0 bridgehead atoms. The smallest absolute Gasteiger partial charge is 0.168 e. The quantitative estimate of drug-likeness (QED) is 0.831. The van der Waals surface area contributed by atoms with Crippen molar-refractivity contribution in [2.24, 2.45) is 0 Å². The molecular formula is C14H12FIO2. The molecule has 2 nitrogen and oxygen atoms in total. The molecule has 0 radical (unpaired) electrons. The fourth-order valence-corrected chi connectivity index (χ4v) is 1.94. The highest BCUT2D eigenvalue weighted by atomic mass is 127. The molecule has 1 N–H and O–H groups in total. The topological polar surface area (TPSA) is 29.5 Å². The van der Waals surface area contributed by atoms with Crippen LogP contribution in [-0.4, -0.2) is 5.11 Å². The van der Waals surface area contributed by atoms with Crippen LogP contribution >= 0.6 is 22.6 Å². The molecule has 18 heavy (non-hydrogen) atoms. The largest absolute Gasteiger partial charge is 0.454 e. The molecule has 0 spiro atoms. The van der Waals surface area contributed by atoms with E-state index in [-0.39, 0.29) is 5.75 Å². The van der Waals surface area contributed by atoms with Crippen molar-refractivity contribution in [1.82, 2.24) is 0 Å². The number of hydrogen-bond acceptors (Lipinski definition) is 2. The van der Waals surface area contributed by atoms with Crippen molar-refractivity contribution in [3.8, 4) is 11.5 Å². The molecule has 2 aromatic carbocycles. The number of hydrogen-bond donors (Lipinski definition) is 1. The first-order chi connectivity index (χ1) is 8.58. The highest BCUT2D eigenvalue weighted by Crippen LogP contribution is 2.32. The number of benzene rings is 2. The van der Waals surface area contributed by atoms with Gasteiger partial charge < -0.3 is 9.84 Å². The van der Waals surface area contributed by atoms with Gasteiger partial charge in [0.1, 0.15) is 5.75 Å². The summed E-state index contributed by atoms with van der Waals surface area (Å²) < 4.78 is 20.3. The minimum absolute atomic E-state index is 0.0775. The average molecular weight is 358 g/mol. The van der Waals surface area contributed by atoms with Crippen molar-refractivity contribution in [3.63, 3.8) is 0 Å². The van der Waals surface area contributed by atoms with Gasteiger partial charge in [0.15, 0.2) is 11.6 Å². The number of aliphatic hydroxyl groups is 1. The lowest BCUT2D eigenvalue weighted by molar-refractivity contribution is 0.194. The number of aliphatic hydroxyl groups excluding tert-OH is 1. The first-order valence-electron chi connectivity index (χ1n) is 5.48. The summed E-state index contributed by atoms with van der Waals surface area (Å²) in [5, 5.41) is 9.60. The van der Waals surface area contributed by atoms with Gasteiger partial charge >= 0.3 is 0 Å². The van der Waals surface area contributed by atoms with Gasteiger partial charge in [0, 0.05) is 9.13 Å². The van der Waals surface area contributed by atoms with Crippen LogP contribution in [0.4, 0.5) is 4.39 Å². The van der Waals surface area contributed by atoms with E-state index in [1.807, 2.05) is 12.1 Å². The maximum absolute atomic E-state index is 13.7. The zero-order valence-corrected chi connectivity index (χ0v) is 11.9. The summed E-state index contributed by atoms with van der Waals surface area (Å²) in [5.41, 5.74) is 0.438. The van der Waals surface area contributed by atoms with E-state index in [4.69, 9.17) is 4.74 Å². The predicted molar refractivity (Wildman–Crippen MR) is 76.3 cm³/mol. The van der Waals surface area contributed by atoms with Crippen LogP contribution in [0.15, 0.2) is 42.5 Å². The van der Waals surface area contributed by atoms with E-state index in [9.17, 15) is 9.50 Å². The Hall–Kier alpha value is -1.14. The second kappa shape index (κ2) is 5.67. The molecule has 0 heterocycles. The Morgan fingerprint density at radius 3 is 2.44 bits per heavy atom. The zero-order chi connectivity index (χ0) is 13.1. The molecule has 0 aliphatic carbocycles. The van der Waals surface area contributed by atoms with E-state index in [0.29, 0.717) is 11.3 Å². The number of halogens is 2. The molecule has 2 rings (SSSR count). The summed E-state index contributed by atoms with van der Waals surface area (Å²) in [5.74, 6) is 0.142. The first-order valence-corrected chi connectivity index (χ1v) is 6.55. The van der Waals surface area contributed by atoms with Gasteiger partial charge in [-0.05, 0) is 59.8 Å². The van der Waals surface area contributed by atoms with Gasteiger partial charge in [0.05, 0.1) is 6.10 Å². The predicted octanol–water partition coefficient (Wildman–Crippen LogP) is 4.28. The Balaban J connectivity index is 2.36. The lowest BCUT2D eigenvalue weighted by Gasteiger charge is -2.13. The van der Waals surface area contributed by atoms with Crippen LogP contribution in [0.3, 0.4) is 0 Å². The van der Waals surface area contributed by atoms with Crippen LogP contribution in [0, 0.1) is 9.39 Å². The van der Waals surface area contributed by atoms with Crippen LogP contribution in [0.1, 0.15) is 18.6 Å². The van der Waals surface area contributed by atoms with Crippen LogP contribution in [0.25, 0.3) is 0 Å². The summed E-state index contributed by atoms with van der Waals surface area (Å²) in [6.07, 6.45) is -0.778. The number of para-hydroxylation sites is 1. The Bertz CT molecular complexity index is 538. The van der Waals surface area contributed by atoms with Gasteiger partial charge in [-0.1, -0.05) is 12.1 Å². The van der Waals surface area contributed by atoms with Crippen LogP contribution in [-0.2, 0) is 0 Å². The van der Waals surface area contributed by atoms with Crippen LogP contribution in [0.5, 0.6) is 11.5 Å². The van der Waals surface area contributed by atoms with E-state index >= 15 is 0 Å². The van der Waals surface area contributed by atoms with Gasteiger partial charge in [-0.25, -0.2) is 4.39 Å². The third kappa shape index (κ3) is 3.00. The van der Waals surface area contributed by atoms with Crippen LogP contribution in [0.2, 0.25) is 0 Å². The average Bonchev–Trinajstić information content (AvgIpc) is 2.34. The maximum atomic E-state index is 13.7. The molecule has 0 aliphatic rings. The van der Waals surface area contributed by atoms with E-state index in [0.717, 1.165) is 3.57 Å². The second-order valence-corrected chi connectivity index (χ2v) is 5.14. The monoisotopic (exact) mass is 358 g/mol. The van der Waals surface area contributed by atoms with Gasteiger partial charge in [-0.2, -0.15) is 0 Å². The third-order valence-electron chi connectivity index (χ3n) is 2.48. The molecule has 0 saturated heterocycles. The van der Waals surface area contributed by atoms with Crippen molar-refractivity contribution in [2.75, 3.05) is 0 Å². The molecule has 1 atom stereocenters. The molecule has 0 amide bonds. The van der Waals surface area contributed by atoms with E-state index in [1.54, 1.807) is 31.2 Å². The summed E-state index contributed by atoms with van der Waals surface area (Å²) in [4.78, 5) is 0. The Labute approximate surface area is 119 Å². The summed E-state index contributed by atoms with van der Waals surface area (Å²) in [7, 11) is 0. The van der Waals surface area contributed by atoms with E-state index in [1.165, 1.54) is 6.07 Å². The fraction of sp³-hybridized carbons (Fsp3) is 0.143. The molecule has 0 aliphatic heterocycles. The van der Waals surface area contributed by atoms with Crippen molar-refractivity contribution < 1.29 is 14.2 Å². The number of rotatable bonds is 3. The van der Waals surface area contributed by atoms with Gasteiger partial charge in [0.2, 0.25) is 0 Å². The van der Waals surface area contributed by atoms with E-state index < -0.39 is 11.9 Å². The summed E-state index contributed by atoms with van der Waals surface area (Å²) in [6, 6.07) is 11.8. The second-order valence-electron chi connectivity index (χ2n) is 3.89. The molecular weight excluding hydrogens is 346 g/mol. The normalized spacial score (nSPS) is 12.2. The standard InChI is InChI=1S/C14H12FIO2/c1-9(17)12-3-2-4-13(15)14(12)18-11-7-5-10(16)6-8-11/h2-9,17H,1H3/t9-/m1/s1. The van der Waals surface area contributed by atoms with Gasteiger partial charge in [-0.3, -0.25) is 0 Å². The molecule has 0 fully saturated rings. The van der Waals surface area contributed by atoms with Crippen molar-refractivity contribution in [2.45, 2.75) is 13.0 Å². The maximum Gasteiger partial charge on any atom is 0.168 e. The molecule has 4 heteroatoms. The highest BCUT2D eigenvalue weighted by molar-refractivity contribution is 14.1. The summed E-state index contributed by atoms with van der Waals surface area (Å²) in [6.45, 7) is 1.58. The lowest BCUT2D eigenvalue weighted by Crippen LogP contribution is -1.98. The zero-order valence-electron chi connectivity index (χ0n) is 9.73. The van der Waals surface area contributed by atoms with Gasteiger partial charge in [-0.15, -0.1) is 0 Å². The van der Waals surface area contributed by atoms with Crippen molar-refractivity contribution >= 4 is 22.6 Å². The van der Waals surface area contributed by atoms with Crippen molar-refractivity contribution in [1.29, 1.82) is 0 Å². The first kappa shape index (κ1) is 13.3. The van der Waals surface area contributed by atoms with Gasteiger partial charge in [0.25, 0.3) is 0 Å². The SMILES string of the molecule is C[C@@H](O)c1cccc(F)c1Oc1ccc(I)cc1. The summed E-state index contributed by atoms with van der Waals surface area (Å²) >= 11 is 2.18. The minimum atomic E-state index is -0.778.